The number of amides is 1. The molecule has 1 N–H and O–H groups in total. The highest BCUT2D eigenvalue weighted by Gasteiger charge is 2.08. The van der Waals surface area contributed by atoms with Crippen LogP contribution in [0.1, 0.15) is 5.56 Å². The van der Waals surface area contributed by atoms with Gasteiger partial charge in [0.1, 0.15) is 5.52 Å². The first-order chi connectivity index (χ1) is 11.0. The molecule has 0 saturated heterocycles. The van der Waals surface area contributed by atoms with Crippen LogP contribution in [-0.2, 0) is 4.79 Å². The van der Waals surface area contributed by atoms with Crippen LogP contribution in [0, 0.1) is 0 Å². The second-order valence-corrected chi connectivity index (χ2v) is 6.88. The van der Waals surface area contributed by atoms with Crippen LogP contribution in [0.5, 0.6) is 0 Å². The van der Waals surface area contributed by atoms with E-state index in [2.05, 4.69) is 10.3 Å². The summed E-state index contributed by atoms with van der Waals surface area (Å²) in [5, 5.41) is 4.79. The molecule has 0 spiro atoms. The SMILES string of the molecule is O=C(C=Cc1ccc(Cl)cc1Cl)Nc1nc2c(Cl)cccc2s1. The Morgan fingerprint density at radius 2 is 1.96 bits per heavy atom. The lowest BCUT2D eigenvalue weighted by Gasteiger charge is -1.99. The van der Waals surface area contributed by atoms with Crippen LogP contribution in [0.15, 0.2) is 42.5 Å². The minimum absolute atomic E-state index is 0.300. The first-order valence-corrected chi connectivity index (χ1v) is 8.47. The summed E-state index contributed by atoms with van der Waals surface area (Å²) < 4.78 is 0.914. The molecule has 0 bridgehead atoms. The minimum Gasteiger partial charge on any atom is -0.298 e. The maximum Gasteiger partial charge on any atom is 0.250 e. The first kappa shape index (κ1) is 16.3. The zero-order valence-electron chi connectivity index (χ0n) is 11.5. The highest BCUT2D eigenvalue weighted by atomic mass is 35.5. The molecule has 0 aliphatic carbocycles. The molecule has 0 fully saturated rings. The molecule has 0 aliphatic rings. The molecule has 23 heavy (non-hydrogen) atoms. The van der Waals surface area contributed by atoms with Crippen LogP contribution >= 0.6 is 46.1 Å². The molecule has 116 valence electrons. The van der Waals surface area contributed by atoms with Crippen molar-refractivity contribution in [3.63, 3.8) is 0 Å². The number of nitrogens with zero attached hydrogens (tertiary/aromatic N) is 1. The van der Waals surface area contributed by atoms with Crippen molar-refractivity contribution in [3.8, 4) is 0 Å². The van der Waals surface area contributed by atoms with Crippen molar-refractivity contribution in [1.82, 2.24) is 4.98 Å². The standard InChI is InChI=1S/C16H9Cl3N2OS/c17-10-6-4-9(12(19)8-10)5-7-14(22)20-16-21-15-11(18)2-1-3-13(15)23-16/h1-8H,(H,20,21,22). The Kier molecular flexibility index (Phi) is 4.87. The molecule has 7 heteroatoms. The number of para-hydroxylation sites is 1. The Labute approximate surface area is 151 Å². The molecule has 0 radical (unpaired) electrons. The number of anilines is 1. The average Bonchev–Trinajstić information content (AvgIpc) is 2.90. The van der Waals surface area contributed by atoms with Crippen LogP contribution < -0.4 is 5.32 Å². The summed E-state index contributed by atoms with van der Waals surface area (Å²) in [5.41, 5.74) is 1.39. The summed E-state index contributed by atoms with van der Waals surface area (Å²) in [6.45, 7) is 0. The van der Waals surface area contributed by atoms with Gasteiger partial charge in [0.25, 0.3) is 0 Å². The van der Waals surface area contributed by atoms with Gasteiger partial charge >= 0.3 is 0 Å². The summed E-state index contributed by atoms with van der Waals surface area (Å²) in [6.07, 6.45) is 3.01. The minimum atomic E-state index is -0.300. The van der Waals surface area contributed by atoms with Gasteiger partial charge in [-0.05, 0) is 35.9 Å². The van der Waals surface area contributed by atoms with Crippen LogP contribution in [0.3, 0.4) is 0 Å². The van der Waals surface area contributed by atoms with Crippen molar-refractivity contribution in [2.75, 3.05) is 5.32 Å². The zero-order valence-corrected chi connectivity index (χ0v) is 14.6. The fraction of sp³-hybridized carbons (Fsp3) is 0. The quantitative estimate of drug-likeness (QED) is 0.571. The Morgan fingerprint density at radius 3 is 2.70 bits per heavy atom. The summed E-state index contributed by atoms with van der Waals surface area (Å²) in [6, 6.07) is 10.6. The van der Waals surface area contributed by atoms with E-state index >= 15 is 0 Å². The van der Waals surface area contributed by atoms with Gasteiger partial charge in [0.15, 0.2) is 5.13 Å². The van der Waals surface area contributed by atoms with E-state index in [1.807, 2.05) is 12.1 Å². The number of aromatic nitrogens is 1. The second-order valence-electron chi connectivity index (χ2n) is 4.59. The van der Waals surface area contributed by atoms with Crippen molar-refractivity contribution in [2.45, 2.75) is 0 Å². The molecule has 1 amide bonds. The number of carbonyl (C=O) groups excluding carboxylic acids is 1. The topological polar surface area (TPSA) is 42.0 Å². The highest BCUT2D eigenvalue weighted by Crippen LogP contribution is 2.30. The van der Waals surface area contributed by atoms with E-state index in [-0.39, 0.29) is 5.91 Å². The summed E-state index contributed by atoms with van der Waals surface area (Å²) in [7, 11) is 0. The maximum atomic E-state index is 12.0. The van der Waals surface area contributed by atoms with Gasteiger partial charge in [-0.15, -0.1) is 0 Å². The molecule has 3 nitrogen and oxygen atoms in total. The number of rotatable bonds is 3. The molecule has 0 unspecified atom stereocenters. The van der Waals surface area contributed by atoms with E-state index in [1.54, 1.807) is 30.3 Å². The number of hydrogen-bond acceptors (Lipinski definition) is 3. The normalized spacial score (nSPS) is 11.3. The molecule has 1 heterocycles. The Bertz CT molecular complexity index is 921. The molecule has 3 rings (SSSR count). The molecule has 0 saturated carbocycles. The van der Waals surface area contributed by atoms with Crippen LogP contribution in [0.2, 0.25) is 15.1 Å². The van der Waals surface area contributed by atoms with Crippen molar-refractivity contribution in [2.24, 2.45) is 0 Å². The summed E-state index contributed by atoms with van der Waals surface area (Å²) in [5.74, 6) is -0.300. The number of benzene rings is 2. The second kappa shape index (κ2) is 6.89. The third kappa shape index (κ3) is 3.85. The fourth-order valence-electron chi connectivity index (χ4n) is 1.92. The molecule has 2 aromatic carbocycles. The Morgan fingerprint density at radius 1 is 1.13 bits per heavy atom. The van der Waals surface area contributed by atoms with E-state index in [4.69, 9.17) is 34.8 Å². The predicted octanol–water partition coefficient (Wildman–Crippen LogP) is 5.91. The maximum absolute atomic E-state index is 12.0. The van der Waals surface area contributed by atoms with E-state index in [0.717, 1.165) is 4.70 Å². The lowest BCUT2D eigenvalue weighted by Crippen LogP contribution is -2.07. The van der Waals surface area contributed by atoms with Crippen molar-refractivity contribution in [3.05, 3.63) is 63.1 Å². The van der Waals surface area contributed by atoms with Gasteiger partial charge in [0.2, 0.25) is 5.91 Å². The smallest absolute Gasteiger partial charge is 0.250 e. The van der Waals surface area contributed by atoms with Crippen molar-refractivity contribution < 1.29 is 4.79 Å². The van der Waals surface area contributed by atoms with E-state index in [9.17, 15) is 4.79 Å². The fourth-order valence-corrected chi connectivity index (χ4v) is 3.56. The highest BCUT2D eigenvalue weighted by molar-refractivity contribution is 7.22. The van der Waals surface area contributed by atoms with Gasteiger partial charge in [-0.3, -0.25) is 10.1 Å². The molecule has 3 aromatic rings. The van der Waals surface area contributed by atoms with Gasteiger partial charge in [0, 0.05) is 16.1 Å². The lowest BCUT2D eigenvalue weighted by atomic mass is 10.2. The van der Waals surface area contributed by atoms with Crippen molar-refractivity contribution in [1.29, 1.82) is 0 Å². The predicted molar refractivity (Wildman–Crippen MR) is 98.8 cm³/mol. The molecule has 1 aromatic heterocycles. The van der Waals surface area contributed by atoms with Gasteiger partial charge < -0.3 is 0 Å². The van der Waals surface area contributed by atoms with E-state index in [1.165, 1.54) is 17.4 Å². The number of thiazole rings is 1. The number of hydrogen-bond donors (Lipinski definition) is 1. The van der Waals surface area contributed by atoms with Gasteiger partial charge in [-0.1, -0.05) is 58.3 Å². The van der Waals surface area contributed by atoms with Gasteiger partial charge in [-0.2, -0.15) is 0 Å². The molecular weight excluding hydrogens is 375 g/mol. The van der Waals surface area contributed by atoms with Gasteiger partial charge in [-0.25, -0.2) is 4.98 Å². The molecule has 0 aliphatic heterocycles. The van der Waals surface area contributed by atoms with Crippen LogP contribution in [0.25, 0.3) is 16.3 Å². The Hall–Kier alpha value is -1.59. The van der Waals surface area contributed by atoms with Crippen LogP contribution in [0.4, 0.5) is 5.13 Å². The first-order valence-electron chi connectivity index (χ1n) is 6.52. The number of fused-ring (bicyclic) bond motifs is 1. The molecular formula is C16H9Cl3N2OS. The van der Waals surface area contributed by atoms with E-state index < -0.39 is 0 Å². The zero-order chi connectivity index (χ0) is 16.4. The largest absolute Gasteiger partial charge is 0.298 e. The lowest BCUT2D eigenvalue weighted by molar-refractivity contribution is -0.111. The summed E-state index contributed by atoms with van der Waals surface area (Å²) >= 11 is 19.3. The van der Waals surface area contributed by atoms with E-state index in [0.29, 0.717) is 31.3 Å². The van der Waals surface area contributed by atoms with Crippen molar-refractivity contribution >= 4 is 73.5 Å². The van der Waals surface area contributed by atoms with Crippen LogP contribution in [-0.4, -0.2) is 10.9 Å². The number of carbonyl (C=O) groups is 1. The Balaban J connectivity index is 1.75. The third-order valence-electron chi connectivity index (χ3n) is 2.98. The van der Waals surface area contributed by atoms with Gasteiger partial charge in [0.05, 0.1) is 9.72 Å². The summed E-state index contributed by atoms with van der Waals surface area (Å²) in [4.78, 5) is 16.3. The molecule has 0 atom stereocenters. The monoisotopic (exact) mass is 382 g/mol. The number of nitrogens with one attached hydrogen (secondary N) is 1. The average molecular weight is 384 g/mol. The number of halogens is 3. The third-order valence-corrected chi connectivity index (χ3v) is 4.78.